The van der Waals surface area contributed by atoms with Crippen LogP contribution in [0.25, 0.3) is 0 Å². The largest absolute Gasteiger partial charge is 0.377 e. The van der Waals surface area contributed by atoms with Gasteiger partial charge in [0.2, 0.25) is 0 Å². The number of ether oxygens (including phenoxy) is 1. The Kier molecular flexibility index (Phi) is 10.3. The molecular weight excluding hydrogens is 164 g/mol. The normalized spacial score (nSPS) is 10.5. The maximum atomic E-state index is 9.91. The van der Waals surface area contributed by atoms with Gasteiger partial charge in [-0.2, -0.15) is 0 Å². The van der Waals surface area contributed by atoms with Crippen molar-refractivity contribution in [2.75, 3.05) is 13.2 Å². The van der Waals surface area contributed by atoms with Crippen molar-refractivity contribution in [3.05, 3.63) is 24.8 Å². The summed E-state index contributed by atoms with van der Waals surface area (Å²) in [6.45, 7) is 5.05. The SMILES string of the molecule is C=CCCCCOCC=CCC=O. The molecule has 0 fully saturated rings. The van der Waals surface area contributed by atoms with Gasteiger partial charge in [0, 0.05) is 13.0 Å². The molecule has 0 unspecified atom stereocenters. The van der Waals surface area contributed by atoms with Gasteiger partial charge in [-0.15, -0.1) is 6.58 Å². The van der Waals surface area contributed by atoms with E-state index in [0.717, 1.165) is 32.2 Å². The van der Waals surface area contributed by atoms with Gasteiger partial charge < -0.3 is 9.53 Å². The second-order valence-corrected chi connectivity index (χ2v) is 2.73. The van der Waals surface area contributed by atoms with Crippen LogP contribution in [0.15, 0.2) is 24.8 Å². The molecule has 2 heteroatoms. The quantitative estimate of drug-likeness (QED) is 0.311. The first kappa shape index (κ1) is 12.1. The fourth-order valence-corrected chi connectivity index (χ4v) is 0.864. The zero-order valence-electron chi connectivity index (χ0n) is 8.08. The lowest BCUT2D eigenvalue weighted by molar-refractivity contribution is -0.107. The fraction of sp³-hybridized carbons (Fsp3) is 0.545. The van der Waals surface area contributed by atoms with Crippen LogP contribution in [0.2, 0.25) is 0 Å². The van der Waals surface area contributed by atoms with Gasteiger partial charge >= 0.3 is 0 Å². The Labute approximate surface area is 80.3 Å². The van der Waals surface area contributed by atoms with E-state index < -0.39 is 0 Å². The summed E-state index contributed by atoms with van der Waals surface area (Å²) in [6, 6.07) is 0. The molecule has 0 amide bonds. The first-order valence-electron chi connectivity index (χ1n) is 4.69. The number of hydrogen-bond acceptors (Lipinski definition) is 2. The standard InChI is InChI=1S/C11H18O2/c1-2-3-4-7-10-13-11-8-5-6-9-12/h2,5,8-9H,1,3-4,6-7,10-11H2. The van der Waals surface area contributed by atoms with Crippen LogP contribution in [0.3, 0.4) is 0 Å². The summed E-state index contributed by atoms with van der Waals surface area (Å²) < 4.78 is 5.29. The average Bonchev–Trinajstić information content (AvgIpc) is 2.16. The second kappa shape index (κ2) is 11.1. The van der Waals surface area contributed by atoms with Gasteiger partial charge in [0.15, 0.2) is 0 Å². The number of carbonyl (C=O) groups excluding carboxylic acids is 1. The summed E-state index contributed by atoms with van der Waals surface area (Å²) in [5.41, 5.74) is 0. The number of carbonyl (C=O) groups is 1. The van der Waals surface area contributed by atoms with Crippen LogP contribution in [0.4, 0.5) is 0 Å². The van der Waals surface area contributed by atoms with Gasteiger partial charge in [-0.1, -0.05) is 18.2 Å². The molecule has 0 aliphatic heterocycles. The van der Waals surface area contributed by atoms with E-state index in [0.29, 0.717) is 13.0 Å². The zero-order chi connectivity index (χ0) is 9.78. The highest BCUT2D eigenvalue weighted by Gasteiger charge is 1.85. The highest BCUT2D eigenvalue weighted by molar-refractivity contribution is 5.51. The molecule has 13 heavy (non-hydrogen) atoms. The highest BCUT2D eigenvalue weighted by Crippen LogP contribution is 1.95. The number of allylic oxidation sites excluding steroid dienone is 2. The minimum atomic E-state index is 0.486. The molecule has 0 heterocycles. The summed E-state index contributed by atoms with van der Waals surface area (Å²) in [6.07, 6.45) is 10.3. The van der Waals surface area contributed by atoms with Crippen molar-refractivity contribution in [3.8, 4) is 0 Å². The van der Waals surface area contributed by atoms with E-state index in [1.54, 1.807) is 0 Å². The monoisotopic (exact) mass is 182 g/mol. The van der Waals surface area contributed by atoms with E-state index >= 15 is 0 Å². The van der Waals surface area contributed by atoms with E-state index in [2.05, 4.69) is 6.58 Å². The molecule has 0 aliphatic rings. The lowest BCUT2D eigenvalue weighted by Gasteiger charge is -1.98. The first-order valence-corrected chi connectivity index (χ1v) is 4.69. The molecule has 0 saturated carbocycles. The molecule has 74 valence electrons. The predicted molar refractivity (Wildman–Crippen MR) is 54.7 cm³/mol. The second-order valence-electron chi connectivity index (χ2n) is 2.73. The Morgan fingerprint density at radius 1 is 1.23 bits per heavy atom. The van der Waals surface area contributed by atoms with E-state index in [1.807, 2.05) is 18.2 Å². The van der Waals surface area contributed by atoms with Crippen molar-refractivity contribution in [1.82, 2.24) is 0 Å². The molecule has 0 aromatic rings. The molecule has 0 aliphatic carbocycles. The number of aldehydes is 1. The topological polar surface area (TPSA) is 26.3 Å². The Bertz CT molecular complexity index is 150. The van der Waals surface area contributed by atoms with E-state index in [1.165, 1.54) is 0 Å². The lowest BCUT2D eigenvalue weighted by atomic mass is 10.2. The third-order valence-electron chi connectivity index (χ3n) is 1.56. The Balaban J connectivity index is 2.98. The molecule has 0 aromatic heterocycles. The number of rotatable bonds is 9. The molecule has 0 radical (unpaired) electrons. The van der Waals surface area contributed by atoms with Gasteiger partial charge in [-0.3, -0.25) is 0 Å². The highest BCUT2D eigenvalue weighted by atomic mass is 16.5. The third-order valence-corrected chi connectivity index (χ3v) is 1.56. The molecule has 0 atom stereocenters. The van der Waals surface area contributed by atoms with Crippen LogP contribution in [0, 0.1) is 0 Å². The fourth-order valence-electron chi connectivity index (χ4n) is 0.864. The molecule has 0 rings (SSSR count). The Morgan fingerprint density at radius 2 is 2.08 bits per heavy atom. The van der Waals surface area contributed by atoms with Crippen molar-refractivity contribution < 1.29 is 9.53 Å². The summed E-state index contributed by atoms with van der Waals surface area (Å²) >= 11 is 0. The summed E-state index contributed by atoms with van der Waals surface area (Å²) in [7, 11) is 0. The molecule has 0 saturated heterocycles. The van der Waals surface area contributed by atoms with Crippen LogP contribution in [-0.4, -0.2) is 19.5 Å². The Morgan fingerprint density at radius 3 is 2.77 bits per heavy atom. The van der Waals surface area contributed by atoms with Gasteiger partial charge in [-0.05, 0) is 19.3 Å². The maximum absolute atomic E-state index is 9.91. The van der Waals surface area contributed by atoms with Crippen molar-refractivity contribution in [2.24, 2.45) is 0 Å². The number of hydrogen-bond donors (Lipinski definition) is 0. The molecule has 0 N–H and O–H groups in total. The minimum absolute atomic E-state index is 0.486. The van der Waals surface area contributed by atoms with Crippen LogP contribution >= 0.6 is 0 Å². The molecule has 0 aromatic carbocycles. The van der Waals surface area contributed by atoms with Gasteiger partial charge in [0.25, 0.3) is 0 Å². The van der Waals surface area contributed by atoms with Crippen LogP contribution < -0.4 is 0 Å². The zero-order valence-corrected chi connectivity index (χ0v) is 8.08. The van der Waals surface area contributed by atoms with E-state index in [-0.39, 0.29) is 0 Å². The third kappa shape index (κ3) is 11.1. The van der Waals surface area contributed by atoms with Gasteiger partial charge in [-0.25, -0.2) is 0 Å². The van der Waals surface area contributed by atoms with E-state index in [9.17, 15) is 4.79 Å². The predicted octanol–water partition coefficient (Wildman–Crippen LogP) is 2.50. The van der Waals surface area contributed by atoms with Crippen molar-refractivity contribution in [3.63, 3.8) is 0 Å². The first-order chi connectivity index (χ1) is 6.41. The molecule has 0 spiro atoms. The summed E-state index contributed by atoms with van der Waals surface area (Å²) in [4.78, 5) is 9.91. The van der Waals surface area contributed by atoms with Crippen molar-refractivity contribution in [1.29, 1.82) is 0 Å². The average molecular weight is 182 g/mol. The van der Waals surface area contributed by atoms with E-state index in [4.69, 9.17) is 4.74 Å². The van der Waals surface area contributed by atoms with Crippen molar-refractivity contribution >= 4 is 6.29 Å². The van der Waals surface area contributed by atoms with Gasteiger partial charge in [0.1, 0.15) is 6.29 Å². The van der Waals surface area contributed by atoms with Gasteiger partial charge in [0.05, 0.1) is 6.61 Å². The number of unbranched alkanes of at least 4 members (excludes halogenated alkanes) is 2. The maximum Gasteiger partial charge on any atom is 0.123 e. The molecule has 0 bridgehead atoms. The molecule has 2 nitrogen and oxygen atoms in total. The summed E-state index contributed by atoms with van der Waals surface area (Å²) in [5, 5.41) is 0. The van der Waals surface area contributed by atoms with Crippen LogP contribution in [0.1, 0.15) is 25.7 Å². The smallest absolute Gasteiger partial charge is 0.123 e. The minimum Gasteiger partial charge on any atom is -0.377 e. The van der Waals surface area contributed by atoms with Crippen LogP contribution in [0.5, 0.6) is 0 Å². The van der Waals surface area contributed by atoms with Crippen LogP contribution in [-0.2, 0) is 9.53 Å². The van der Waals surface area contributed by atoms with Crippen molar-refractivity contribution in [2.45, 2.75) is 25.7 Å². The Hall–Kier alpha value is -0.890. The lowest BCUT2D eigenvalue weighted by Crippen LogP contribution is -1.93. The summed E-state index contributed by atoms with van der Waals surface area (Å²) in [5.74, 6) is 0. The molecular formula is C11H18O2.